The molecule has 1 aliphatic heterocycles. The molecule has 1 fully saturated rings. The second-order valence-electron chi connectivity index (χ2n) is 3.82. The molecule has 2 unspecified atom stereocenters. The molecule has 2 N–H and O–H groups in total. The molecule has 1 saturated heterocycles. The van der Waals surface area contributed by atoms with Crippen molar-refractivity contribution in [1.82, 2.24) is 10.6 Å². The Morgan fingerprint density at radius 2 is 2.25 bits per heavy atom. The second-order valence-corrected chi connectivity index (χ2v) is 3.82. The van der Waals surface area contributed by atoms with Crippen LogP contribution in [0.3, 0.4) is 0 Å². The fraction of sp³-hybridized carbons (Fsp3) is 0.889. The molecule has 0 aromatic carbocycles. The van der Waals surface area contributed by atoms with E-state index in [2.05, 4.69) is 31.4 Å². The molecule has 3 heteroatoms. The molecule has 2 atom stereocenters. The molecular formula is C9H18N2O. The van der Waals surface area contributed by atoms with E-state index in [1.165, 1.54) is 0 Å². The molecule has 1 rings (SSSR count). The van der Waals surface area contributed by atoms with Crippen molar-refractivity contribution >= 4 is 5.91 Å². The van der Waals surface area contributed by atoms with Gasteiger partial charge in [-0.05, 0) is 13.3 Å². The number of hydrogen-bond acceptors (Lipinski definition) is 2. The maximum absolute atomic E-state index is 11.0. The number of carbonyl (C=O) groups excluding carboxylic acids is 1. The van der Waals surface area contributed by atoms with Gasteiger partial charge in [0.25, 0.3) is 0 Å². The van der Waals surface area contributed by atoms with Crippen LogP contribution in [0.4, 0.5) is 0 Å². The first-order chi connectivity index (χ1) is 5.59. The number of nitrogens with one attached hydrogen (secondary N) is 2. The summed E-state index contributed by atoms with van der Waals surface area (Å²) in [6.45, 7) is 6.31. The largest absolute Gasteiger partial charge is 0.352 e. The van der Waals surface area contributed by atoms with Gasteiger partial charge < -0.3 is 10.6 Å². The van der Waals surface area contributed by atoms with Gasteiger partial charge in [0.05, 0.1) is 0 Å². The van der Waals surface area contributed by atoms with Gasteiger partial charge in [0.2, 0.25) is 5.91 Å². The van der Waals surface area contributed by atoms with Gasteiger partial charge in [-0.1, -0.05) is 13.8 Å². The van der Waals surface area contributed by atoms with Crippen LogP contribution in [0, 0.1) is 0 Å². The predicted octanol–water partition coefficient (Wildman–Crippen LogP) is 0.651. The number of hydrogen-bond donors (Lipinski definition) is 2. The van der Waals surface area contributed by atoms with Gasteiger partial charge in [0.15, 0.2) is 0 Å². The van der Waals surface area contributed by atoms with Gasteiger partial charge in [-0.25, -0.2) is 0 Å². The van der Waals surface area contributed by atoms with Crippen LogP contribution in [0.2, 0.25) is 0 Å². The molecule has 70 valence electrons. The van der Waals surface area contributed by atoms with E-state index in [9.17, 15) is 4.79 Å². The lowest BCUT2D eigenvalue weighted by Gasteiger charge is -2.31. The van der Waals surface area contributed by atoms with Crippen LogP contribution in [0.1, 0.15) is 33.6 Å². The lowest BCUT2D eigenvalue weighted by Crippen LogP contribution is -2.54. The Labute approximate surface area is 73.9 Å². The molecular weight excluding hydrogens is 152 g/mol. The van der Waals surface area contributed by atoms with Crippen LogP contribution in [0.25, 0.3) is 0 Å². The van der Waals surface area contributed by atoms with Crippen LogP contribution < -0.4 is 10.6 Å². The first-order valence-electron chi connectivity index (χ1n) is 4.65. The highest BCUT2D eigenvalue weighted by Crippen LogP contribution is 2.09. The minimum absolute atomic E-state index is 0.185. The normalized spacial score (nSPS) is 30.5. The average molecular weight is 170 g/mol. The first-order valence-corrected chi connectivity index (χ1v) is 4.65. The third-order valence-corrected chi connectivity index (χ3v) is 2.22. The Morgan fingerprint density at radius 3 is 2.75 bits per heavy atom. The number of rotatable bonds is 2. The summed E-state index contributed by atoms with van der Waals surface area (Å²) in [6.07, 6.45) is 1.62. The summed E-state index contributed by atoms with van der Waals surface area (Å²) in [5, 5.41) is 6.37. The van der Waals surface area contributed by atoms with Crippen molar-refractivity contribution in [2.75, 3.05) is 0 Å². The smallest absolute Gasteiger partial charge is 0.220 e. The van der Waals surface area contributed by atoms with E-state index < -0.39 is 0 Å². The molecule has 0 saturated carbocycles. The SMILES string of the molecule is CC(C)NC1CCC(=O)NC1C. The molecule has 0 spiro atoms. The topological polar surface area (TPSA) is 41.1 Å². The Hall–Kier alpha value is -0.570. The van der Waals surface area contributed by atoms with E-state index in [0.29, 0.717) is 18.5 Å². The lowest BCUT2D eigenvalue weighted by molar-refractivity contribution is -0.123. The summed E-state index contributed by atoms with van der Waals surface area (Å²) in [6, 6.07) is 1.21. The Kier molecular flexibility index (Phi) is 3.09. The number of carbonyl (C=O) groups is 1. The molecule has 12 heavy (non-hydrogen) atoms. The van der Waals surface area contributed by atoms with Crippen LogP contribution in [-0.2, 0) is 4.79 Å². The van der Waals surface area contributed by atoms with Gasteiger partial charge in [0.1, 0.15) is 0 Å². The van der Waals surface area contributed by atoms with Crippen molar-refractivity contribution in [2.45, 2.75) is 51.7 Å². The third-order valence-electron chi connectivity index (χ3n) is 2.22. The van der Waals surface area contributed by atoms with Gasteiger partial charge in [-0.3, -0.25) is 4.79 Å². The van der Waals surface area contributed by atoms with Gasteiger partial charge in [0, 0.05) is 24.5 Å². The zero-order chi connectivity index (χ0) is 9.14. The number of amides is 1. The minimum Gasteiger partial charge on any atom is -0.352 e. The summed E-state index contributed by atoms with van der Waals surface area (Å²) in [5.41, 5.74) is 0. The van der Waals surface area contributed by atoms with Gasteiger partial charge >= 0.3 is 0 Å². The van der Waals surface area contributed by atoms with Crippen LogP contribution in [-0.4, -0.2) is 24.0 Å². The van der Waals surface area contributed by atoms with E-state index in [4.69, 9.17) is 0 Å². The molecule has 0 aliphatic carbocycles. The van der Waals surface area contributed by atoms with Crippen molar-refractivity contribution in [3.63, 3.8) is 0 Å². The molecule has 1 amide bonds. The maximum Gasteiger partial charge on any atom is 0.220 e. The summed E-state index contributed by atoms with van der Waals surface area (Å²) in [5.74, 6) is 0.185. The molecule has 0 bridgehead atoms. The molecule has 3 nitrogen and oxygen atoms in total. The number of piperidine rings is 1. The second kappa shape index (κ2) is 3.90. The van der Waals surface area contributed by atoms with Crippen LogP contribution in [0.5, 0.6) is 0 Å². The standard InChI is InChI=1S/C9H18N2O/c1-6(2)10-8-4-5-9(12)11-7(8)3/h6-8,10H,4-5H2,1-3H3,(H,11,12). The van der Waals surface area contributed by atoms with E-state index >= 15 is 0 Å². The summed E-state index contributed by atoms with van der Waals surface area (Å²) in [7, 11) is 0. The Bertz CT molecular complexity index is 168. The Balaban J connectivity index is 2.39. The van der Waals surface area contributed by atoms with E-state index in [1.807, 2.05) is 0 Å². The highest BCUT2D eigenvalue weighted by atomic mass is 16.1. The summed E-state index contributed by atoms with van der Waals surface area (Å²) in [4.78, 5) is 11.0. The van der Waals surface area contributed by atoms with E-state index in [1.54, 1.807) is 0 Å². The summed E-state index contributed by atoms with van der Waals surface area (Å²) < 4.78 is 0. The minimum atomic E-state index is 0.185. The highest BCUT2D eigenvalue weighted by Gasteiger charge is 2.24. The zero-order valence-corrected chi connectivity index (χ0v) is 8.05. The van der Waals surface area contributed by atoms with Crippen LogP contribution in [0.15, 0.2) is 0 Å². The molecule has 0 aromatic rings. The van der Waals surface area contributed by atoms with Crippen molar-refractivity contribution in [3.8, 4) is 0 Å². The molecule has 0 aromatic heterocycles. The van der Waals surface area contributed by atoms with Gasteiger partial charge in [-0.15, -0.1) is 0 Å². The van der Waals surface area contributed by atoms with Crippen molar-refractivity contribution in [1.29, 1.82) is 0 Å². The monoisotopic (exact) mass is 170 g/mol. The summed E-state index contributed by atoms with van der Waals surface area (Å²) >= 11 is 0. The van der Waals surface area contributed by atoms with Crippen molar-refractivity contribution in [3.05, 3.63) is 0 Å². The first kappa shape index (κ1) is 9.52. The van der Waals surface area contributed by atoms with Crippen LogP contribution >= 0.6 is 0 Å². The van der Waals surface area contributed by atoms with Gasteiger partial charge in [-0.2, -0.15) is 0 Å². The fourth-order valence-corrected chi connectivity index (χ4v) is 1.62. The average Bonchev–Trinajstić information content (AvgIpc) is 1.94. The van der Waals surface area contributed by atoms with Crippen molar-refractivity contribution in [2.24, 2.45) is 0 Å². The Morgan fingerprint density at radius 1 is 1.58 bits per heavy atom. The molecule has 0 radical (unpaired) electrons. The third kappa shape index (κ3) is 2.48. The molecule has 1 heterocycles. The fourth-order valence-electron chi connectivity index (χ4n) is 1.62. The molecule has 1 aliphatic rings. The highest BCUT2D eigenvalue weighted by molar-refractivity contribution is 5.77. The zero-order valence-electron chi connectivity index (χ0n) is 8.05. The quantitative estimate of drug-likeness (QED) is 0.639. The predicted molar refractivity (Wildman–Crippen MR) is 48.9 cm³/mol. The van der Waals surface area contributed by atoms with E-state index in [-0.39, 0.29) is 11.9 Å². The lowest BCUT2D eigenvalue weighted by atomic mass is 9.99. The van der Waals surface area contributed by atoms with Crippen molar-refractivity contribution < 1.29 is 4.79 Å². The van der Waals surface area contributed by atoms with E-state index in [0.717, 1.165) is 6.42 Å². The maximum atomic E-state index is 11.0.